The van der Waals surface area contributed by atoms with Crippen LogP contribution in [0.25, 0.3) is 0 Å². The lowest BCUT2D eigenvalue weighted by molar-refractivity contribution is -0.126. The van der Waals surface area contributed by atoms with E-state index >= 15 is 0 Å². The summed E-state index contributed by atoms with van der Waals surface area (Å²) < 4.78 is 21.6. The fourth-order valence-corrected chi connectivity index (χ4v) is 2.60. The van der Waals surface area contributed by atoms with Crippen molar-refractivity contribution in [2.75, 3.05) is 20.3 Å². The van der Waals surface area contributed by atoms with E-state index in [1.807, 2.05) is 12.1 Å². The van der Waals surface area contributed by atoms with Crippen molar-refractivity contribution in [3.8, 4) is 5.75 Å². The zero-order chi connectivity index (χ0) is 20.5. The third kappa shape index (κ3) is 13.3. The molecule has 0 saturated carbocycles. The lowest BCUT2D eigenvalue weighted by Gasteiger charge is -2.30. The molecule has 0 aliphatic rings. The molecule has 0 aliphatic carbocycles. The number of rotatable bonds is 13. The fraction of sp³-hybridized carbons (Fsp3) is 0.682. The molecule has 1 unspecified atom stereocenters. The molecule has 0 N–H and O–H groups in total. The molecule has 1 aromatic rings. The Morgan fingerprint density at radius 1 is 1.15 bits per heavy atom. The first-order valence-electron chi connectivity index (χ1n) is 9.86. The summed E-state index contributed by atoms with van der Waals surface area (Å²) in [5.41, 5.74) is 1.06. The van der Waals surface area contributed by atoms with E-state index in [9.17, 15) is 0 Å². The molecular weight excluding hydrogens is 344 g/mol. The van der Waals surface area contributed by atoms with E-state index in [4.69, 9.17) is 19.0 Å². The average molecular weight is 383 g/mol. The van der Waals surface area contributed by atoms with Gasteiger partial charge in [0.25, 0.3) is 6.47 Å². The molecular formula is C22H38O5. The van der Waals surface area contributed by atoms with Crippen LogP contribution in [0.15, 0.2) is 24.3 Å². The smallest absolute Gasteiger partial charge is 0.292 e. The lowest BCUT2D eigenvalue weighted by atomic mass is 10.0. The van der Waals surface area contributed by atoms with Crippen molar-refractivity contribution in [3.63, 3.8) is 0 Å². The van der Waals surface area contributed by atoms with Crippen LogP contribution in [-0.4, -0.2) is 38.5 Å². The van der Waals surface area contributed by atoms with Gasteiger partial charge in [0.2, 0.25) is 0 Å². The van der Waals surface area contributed by atoms with Gasteiger partial charge in [-0.15, -0.1) is 0 Å². The first-order valence-corrected chi connectivity index (χ1v) is 9.86. The zero-order valence-electron chi connectivity index (χ0n) is 18.0. The number of benzene rings is 1. The largest absolute Gasteiger partial charge is 0.491 e. The Balaban J connectivity index is 0.00000153. The minimum absolute atomic E-state index is 0.0887. The van der Waals surface area contributed by atoms with Gasteiger partial charge in [-0.3, -0.25) is 4.79 Å². The molecule has 27 heavy (non-hydrogen) atoms. The number of carbonyl (C=O) groups is 1. The van der Waals surface area contributed by atoms with Gasteiger partial charge < -0.3 is 18.9 Å². The molecule has 1 aromatic carbocycles. The Labute approximate surface area is 165 Å². The van der Waals surface area contributed by atoms with Crippen LogP contribution in [0.2, 0.25) is 0 Å². The van der Waals surface area contributed by atoms with Gasteiger partial charge in [-0.05, 0) is 50.8 Å². The maximum Gasteiger partial charge on any atom is 0.292 e. The van der Waals surface area contributed by atoms with Gasteiger partial charge in [0.15, 0.2) is 0 Å². The average Bonchev–Trinajstić information content (AvgIpc) is 2.65. The van der Waals surface area contributed by atoms with E-state index < -0.39 is 0 Å². The van der Waals surface area contributed by atoms with Crippen LogP contribution in [0, 0.1) is 0 Å². The number of methoxy groups -OCH3 is 1. The van der Waals surface area contributed by atoms with Crippen LogP contribution < -0.4 is 4.74 Å². The topological polar surface area (TPSA) is 54.0 Å². The van der Waals surface area contributed by atoms with Gasteiger partial charge in [0.1, 0.15) is 12.4 Å². The first kappa shape index (κ1) is 25.4. The molecule has 0 aromatic heterocycles. The van der Waals surface area contributed by atoms with Crippen molar-refractivity contribution >= 4 is 6.47 Å². The molecule has 5 heteroatoms. The number of ether oxygens (including phenoxy) is 4. The standard InChI is InChI=1S/C20H34O3.C2H4O2/c1-6-12-20(4,5)23-18(8-3)16-22-19-11-9-10-17(14-19)15-21-13-7-2;1-4-2-3/h9-11,14,18H,6-8,12-13,15-16H2,1-5H3;2H,1H3. The summed E-state index contributed by atoms with van der Waals surface area (Å²) in [5, 5.41) is 0. The second-order valence-corrected chi connectivity index (χ2v) is 7.00. The highest BCUT2D eigenvalue weighted by molar-refractivity contribution is 5.36. The fourth-order valence-electron chi connectivity index (χ4n) is 2.60. The second kappa shape index (κ2) is 15.5. The highest BCUT2D eigenvalue weighted by Crippen LogP contribution is 2.21. The normalized spacial score (nSPS) is 11.9. The molecule has 156 valence electrons. The summed E-state index contributed by atoms with van der Waals surface area (Å²) in [4.78, 5) is 8.95. The van der Waals surface area contributed by atoms with E-state index in [1.54, 1.807) is 0 Å². The summed E-state index contributed by atoms with van der Waals surface area (Å²) in [6, 6.07) is 8.14. The number of carbonyl (C=O) groups excluding carboxylic acids is 1. The highest BCUT2D eigenvalue weighted by atomic mass is 16.5. The molecule has 0 saturated heterocycles. The Morgan fingerprint density at radius 3 is 2.41 bits per heavy atom. The van der Waals surface area contributed by atoms with Crippen LogP contribution in [0.5, 0.6) is 5.75 Å². The van der Waals surface area contributed by atoms with Crippen LogP contribution >= 0.6 is 0 Å². The van der Waals surface area contributed by atoms with Gasteiger partial charge in [0, 0.05) is 6.61 Å². The predicted octanol–water partition coefficient (Wildman–Crippen LogP) is 5.16. The van der Waals surface area contributed by atoms with Crippen molar-refractivity contribution in [1.29, 1.82) is 0 Å². The molecule has 5 nitrogen and oxygen atoms in total. The van der Waals surface area contributed by atoms with E-state index in [-0.39, 0.29) is 11.7 Å². The quantitative estimate of drug-likeness (QED) is 0.349. The molecule has 1 atom stereocenters. The highest BCUT2D eigenvalue weighted by Gasteiger charge is 2.22. The van der Waals surface area contributed by atoms with E-state index in [0.717, 1.165) is 43.6 Å². The summed E-state index contributed by atoms with van der Waals surface area (Å²) in [7, 11) is 1.31. The molecule has 0 amide bonds. The lowest BCUT2D eigenvalue weighted by Crippen LogP contribution is -2.33. The zero-order valence-corrected chi connectivity index (χ0v) is 18.0. The van der Waals surface area contributed by atoms with E-state index in [2.05, 4.69) is 51.5 Å². The third-order valence-corrected chi connectivity index (χ3v) is 3.84. The third-order valence-electron chi connectivity index (χ3n) is 3.84. The monoisotopic (exact) mass is 382 g/mol. The maximum absolute atomic E-state index is 8.95. The van der Waals surface area contributed by atoms with Gasteiger partial charge in [-0.25, -0.2) is 0 Å². The number of hydrogen-bond donors (Lipinski definition) is 0. The Kier molecular flexibility index (Phi) is 14.6. The van der Waals surface area contributed by atoms with Gasteiger partial charge in [-0.1, -0.05) is 39.3 Å². The number of hydrogen-bond acceptors (Lipinski definition) is 5. The molecule has 1 rings (SSSR count). The molecule has 0 fully saturated rings. The van der Waals surface area contributed by atoms with Crippen LogP contribution in [0.3, 0.4) is 0 Å². The predicted molar refractivity (Wildman–Crippen MR) is 109 cm³/mol. The summed E-state index contributed by atoms with van der Waals surface area (Å²) >= 11 is 0. The molecule has 0 aliphatic heterocycles. The Bertz CT molecular complexity index is 487. The van der Waals surface area contributed by atoms with Crippen molar-refractivity contribution in [2.24, 2.45) is 0 Å². The second-order valence-electron chi connectivity index (χ2n) is 7.00. The molecule has 0 spiro atoms. The minimum atomic E-state index is -0.0887. The maximum atomic E-state index is 8.95. The summed E-state index contributed by atoms with van der Waals surface area (Å²) in [6.07, 6.45) is 4.31. The van der Waals surface area contributed by atoms with Crippen molar-refractivity contribution < 1.29 is 23.7 Å². The van der Waals surface area contributed by atoms with Gasteiger partial charge in [-0.2, -0.15) is 0 Å². The summed E-state index contributed by atoms with van der Waals surface area (Å²) in [5.74, 6) is 0.887. The molecule has 0 heterocycles. The summed E-state index contributed by atoms with van der Waals surface area (Å²) in [6.45, 7) is 13.2. The van der Waals surface area contributed by atoms with Crippen LogP contribution in [0.1, 0.15) is 65.9 Å². The SMILES string of the molecule is CCCOCc1cccc(OCC(CC)OC(C)(C)CCC)c1.COC=O. The Hall–Kier alpha value is -1.59. The van der Waals surface area contributed by atoms with E-state index in [1.165, 1.54) is 7.11 Å². The Morgan fingerprint density at radius 2 is 1.85 bits per heavy atom. The van der Waals surface area contributed by atoms with Crippen LogP contribution in [-0.2, 0) is 25.6 Å². The minimum Gasteiger partial charge on any atom is -0.491 e. The first-order chi connectivity index (χ1) is 12.9. The van der Waals surface area contributed by atoms with Crippen molar-refractivity contribution in [2.45, 2.75) is 78.6 Å². The van der Waals surface area contributed by atoms with Gasteiger partial charge >= 0.3 is 0 Å². The van der Waals surface area contributed by atoms with Crippen LogP contribution in [0.4, 0.5) is 0 Å². The van der Waals surface area contributed by atoms with Gasteiger partial charge in [0.05, 0.1) is 25.4 Å². The molecule has 0 radical (unpaired) electrons. The van der Waals surface area contributed by atoms with Crippen molar-refractivity contribution in [1.82, 2.24) is 0 Å². The van der Waals surface area contributed by atoms with Crippen molar-refractivity contribution in [3.05, 3.63) is 29.8 Å². The van der Waals surface area contributed by atoms with E-state index in [0.29, 0.717) is 19.7 Å². The molecule has 0 bridgehead atoms.